The zero-order chi connectivity index (χ0) is 17.5. The fourth-order valence-corrected chi connectivity index (χ4v) is 3.32. The van der Waals surface area contributed by atoms with Crippen LogP contribution in [0.5, 0.6) is 0 Å². The highest BCUT2D eigenvalue weighted by Gasteiger charge is 2.22. The van der Waals surface area contributed by atoms with Crippen LogP contribution in [0.4, 0.5) is 0 Å². The molecule has 1 unspecified atom stereocenters. The number of hydrogen-bond acceptors (Lipinski definition) is 4. The molecule has 1 atom stereocenters. The first-order chi connectivity index (χ1) is 12.3. The molecule has 2 N–H and O–H groups in total. The first-order valence-corrected chi connectivity index (χ1v) is 8.94. The van der Waals surface area contributed by atoms with Crippen molar-refractivity contribution < 1.29 is 0 Å². The number of aromatic nitrogens is 3. The molecule has 0 saturated carbocycles. The molecule has 3 rings (SSSR count). The van der Waals surface area contributed by atoms with Gasteiger partial charge in [-0.3, -0.25) is 14.5 Å². The summed E-state index contributed by atoms with van der Waals surface area (Å²) in [6.07, 6.45) is 4.27. The molecule has 1 saturated heterocycles. The van der Waals surface area contributed by atoms with E-state index in [0.29, 0.717) is 12.6 Å². The molecule has 0 aliphatic carbocycles. The van der Waals surface area contributed by atoms with E-state index in [2.05, 4.69) is 37.6 Å². The number of guanidine groups is 1. The van der Waals surface area contributed by atoms with Crippen LogP contribution in [0.2, 0.25) is 0 Å². The van der Waals surface area contributed by atoms with Gasteiger partial charge in [-0.2, -0.15) is 0 Å². The lowest BCUT2D eigenvalue weighted by Gasteiger charge is -2.23. The number of aliphatic imine (C=N–C) groups is 1. The second-order valence-corrected chi connectivity index (χ2v) is 6.18. The Hall–Kier alpha value is -2.41. The lowest BCUT2D eigenvalue weighted by molar-refractivity contribution is 0.267. The van der Waals surface area contributed by atoms with Crippen molar-refractivity contribution in [3.05, 3.63) is 42.5 Å². The van der Waals surface area contributed by atoms with E-state index in [1.807, 2.05) is 34.9 Å². The summed E-state index contributed by atoms with van der Waals surface area (Å²) in [6, 6.07) is 10.7. The van der Waals surface area contributed by atoms with Crippen LogP contribution in [-0.4, -0.2) is 58.3 Å². The zero-order valence-corrected chi connectivity index (χ0v) is 15.0. The molecular formula is C18H27N7. The van der Waals surface area contributed by atoms with E-state index >= 15 is 0 Å². The van der Waals surface area contributed by atoms with Gasteiger partial charge in [0.25, 0.3) is 0 Å². The van der Waals surface area contributed by atoms with Crippen molar-refractivity contribution in [1.29, 1.82) is 0 Å². The van der Waals surface area contributed by atoms with Gasteiger partial charge < -0.3 is 10.6 Å². The number of rotatable bonds is 6. The van der Waals surface area contributed by atoms with E-state index in [4.69, 9.17) is 0 Å². The number of hydrogen-bond donors (Lipinski definition) is 2. The molecule has 1 fully saturated rings. The largest absolute Gasteiger partial charge is 0.355 e. The quantitative estimate of drug-likeness (QED) is 0.614. The molecule has 7 heteroatoms. The van der Waals surface area contributed by atoms with Gasteiger partial charge in [-0.05, 0) is 38.1 Å². The van der Waals surface area contributed by atoms with Gasteiger partial charge in [0.2, 0.25) is 0 Å². The normalized spacial score (nSPS) is 18.5. The average Bonchev–Trinajstić information content (AvgIpc) is 3.31. The lowest BCUT2D eigenvalue weighted by Crippen LogP contribution is -2.44. The maximum absolute atomic E-state index is 4.32. The fourth-order valence-electron chi connectivity index (χ4n) is 3.32. The van der Waals surface area contributed by atoms with Crippen molar-refractivity contribution in [2.24, 2.45) is 4.99 Å². The van der Waals surface area contributed by atoms with E-state index in [9.17, 15) is 0 Å². The van der Waals surface area contributed by atoms with E-state index in [-0.39, 0.29) is 0 Å². The summed E-state index contributed by atoms with van der Waals surface area (Å²) < 4.78 is 1.98. The summed E-state index contributed by atoms with van der Waals surface area (Å²) >= 11 is 0. The molecule has 0 bridgehead atoms. The van der Waals surface area contributed by atoms with Crippen LogP contribution < -0.4 is 10.6 Å². The highest BCUT2D eigenvalue weighted by atomic mass is 15.3. The standard InChI is InChI=1S/C18H27N7/c1-3-24-11-7-10-16(24)12-20-18(19-2)21-13-17-23-22-14-25(17)15-8-5-4-6-9-15/h4-6,8-9,14,16H,3,7,10-13H2,1-2H3,(H2,19,20,21). The monoisotopic (exact) mass is 341 g/mol. The van der Waals surface area contributed by atoms with Gasteiger partial charge in [0.05, 0.1) is 6.54 Å². The maximum Gasteiger partial charge on any atom is 0.191 e. The van der Waals surface area contributed by atoms with Gasteiger partial charge in [0.15, 0.2) is 11.8 Å². The second kappa shape index (κ2) is 8.62. The predicted molar refractivity (Wildman–Crippen MR) is 99.8 cm³/mol. The second-order valence-electron chi connectivity index (χ2n) is 6.18. The Kier molecular flexibility index (Phi) is 6.00. The summed E-state index contributed by atoms with van der Waals surface area (Å²) in [5.41, 5.74) is 1.05. The summed E-state index contributed by atoms with van der Waals surface area (Å²) in [5.74, 6) is 1.65. The van der Waals surface area contributed by atoms with E-state index in [1.54, 1.807) is 13.4 Å². The molecular weight excluding hydrogens is 314 g/mol. The lowest BCUT2D eigenvalue weighted by atomic mass is 10.2. The molecule has 1 aromatic heterocycles. The predicted octanol–water partition coefficient (Wildman–Crippen LogP) is 1.42. The molecule has 2 aromatic rings. The SMILES string of the molecule is CCN1CCCC1CNC(=NC)NCc1nncn1-c1ccccc1. The summed E-state index contributed by atoms with van der Waals surface area (Å²) in [5, 5.41) is 15.0. The van der Waals surface area contributed by atoms with Gasteiger partial charge >= 0.3 is 0 Å². The number of nitrogens with one attached hydrogen (secondary N) is 2. The topological polar surface area (TPSA) is 70.4 Å². The molecule has 1 aliphatic rings. The number of nitrogens with zero attached hydrogens (tertiary/aromatic N) is 5. The van der Waals surface area contributed by atoms with Gasteiger partial charge in [-0.1, -0.05) is 25.1 Å². The Morgan fingerprint density at radius 2 is 2.12 bits per heavy atom. The fraction of sp³-hybridized carbons (Fsp3) is 0.500. The third kappa shape index (κ3) is 4.36. The average molecular weight is 341 g/mol. The van der Waals surface area contributed by atoms with Crippen molar-refractivity contribution >= 4 is 5.96 Å². The molecule has 0 radical (unpaired) electrons. The zero-order valence-electron chi connectivity index (χ0n) is 15.0. The molecule has 7 nitrogen and oxygen atoms in total. The van der Waals surface area contributed by atoms with E-state index in [0.717, 1.165) is 30.6 Å². The van der Waals surface area contributed by atoms with E-state index < -0.39 is 0 Å². The Bertz CT molecular complexity index is 680. The highest BCUT2D eigenvalue weighted by Crippen LogP contribution is 2.15. The number of para-hydroxylation sites is 1. The van der Waals surface area contributed by atoms with Crippen LogP contribution in [0.1, 0.15) is 25.6 Å². The Morgan fingerprint density at radius 1 is 1.28 bits per heavy atom. The molecule has 2 heterocycles. The van der Waals surface area contributed by atoms with Crippen LogP contribution in [0.15, 0.2) is 41.7 Å². The Morgan fingerprint density at radius 3 is 2.88 bits per heavy atom. The Labute approximate surface area is 149 Å². The summed E-state index contributed by atoms with van der Waals surface area (Å²) in [6.45, 7) is 6.02. The number of likely N-dealkylation sites (N-methyl/N-ethyl adjacent to an activating group) is 1. The van der Waals surface area contributed by atoms with Crippen molar-refractivity contribution in [2.75, 3.05) is 26.7 Å². The Balaban J connectivity index is 1.55. The number of likely N-dealkylation sites (tertiary alicyclic amines) is 1. The minimum absolute atomic E-state index is 0.566. The minimum atomic E-state index is 0.566. The highest BCUT2D eigenvalue weighted by molar-refractivity contribution is 5.79. The molecule has 0 amide bonds. The maximum atomic E-state index is 4.32. The van der Waals surface area contributed by atoms with Crippen LogP contribution in [0.25, 0.3) is 5.69 Å². The minimum Gasteiger partial charge on any atom is -0.355 e. The molecule has 134 valence electrons. The number of benzene rings is 1. The van der Waals surface area contributed by atoms with Crippen molar-refractivity contribution in [1.82, 2.24) is 30.3 Å². The van der Waals surface area contributed by atoms with Gasteiger partial charge in [-0.15, -0.1) is 10.2 Å². The first kappa shape index (κ1) is 17.4. The van der Waals surface area contributed by atoms with Gasteiger partial charge in [-0.25, -0.2) is 0 Å². The third-order valence-electron chi connectivity index (χ3n) is 4.70. The van der Waals surface area contributed by atoms with Crippen LogP contribution in [-0.2, 0) is 6.54 Å². The van der Waals surface area contributed by atoms with Crippen molar-refractivity contribution in [2.45, 2.75) is 32.4 Å². The van der Waals surface area contributed by atoms with Crippen molar-refractivity contribution in [3.8, 4) is 5.69 Å². The third-order valence-corrected chi connectivity index (χ3v) is 4.70. The van der Waals surface area contributed by atoms with Gasteiger partial charge in [0, 0.05) is 25.3 Å². The van der Waals surface area contributed by atoms with Crippen LogP contribution in [0, 0.1) is 0 Å². The molecule has 1 aliphatic heterocycles. The molecule has 0 spiro atoms. The van der Waals surface area contributed by atoms with E-state index in [1.165, 1.54) is 19.4 Å². The smallest absolute Gasteiger partial charge is 0.191 e. The van der Waals surface area contributed by atoms with Gasteiger partial charge in [0.1, 0.15) is 6.33 Å². The van der Waals surface area contributed by atoms with Crippen molar-refractivity contribution in [3.63, 3.8) is 0 Å². The van der Waals surface area contributed by atoms with Crippen LogP contribution in [0.3, 0.4) is 0 Å². The van der Waals surface area contributed by atoms with Crippen LogP contribution >= 0.6 is 0 Å². The summed E-state index contributed by atoms with van der Waals surface area (Å²) in [4.78, 5) is 6.84. The molecule has 1 aromatic carbocycles. The first-order valence-electron chi connectivity index (χ1n) is 8.94. The summed E-state index contributed by atoms with van der Waals surface area (Å²) in [7, 11) is 1.80. The molecule has 25 heavy (non-hydrogen) atoms.